The van der Waals surface area contributed by atoms with Crippen LogP contribution in [0, 0.1) is 18.8 Å². The molecule has 3 nitrogen and oxygen atoms in total. The molecule has 0 spiro atoms. The lowest BCUT2D eigenvalue weighted by molar-refractivity contribution is 0.0980. The molecule has 0 aliphatic carbocycles. The molecule has 0 aromatic heterocycles. The molecule has 124 valence electrons. The molecule has 0 unspecified atom stereocenters. The van der Waals surface area contributed by atoms with E-state index in [0.29, 0.717) is 29.9 Å². The summed E-state index contributed by atoms with van der Waals surface area (Å²) in [4.78, 5) is 12.2. The van der Waals surface area contributed by atoms with Gasteiger partial charge in [-0.1, -0.05) is 29.5 Å². The minimum absolute atomic E-state index is 0.0908. The molecule has 0 N–H and O–H groups in total. The molecular weight excluding hydrogens is 300 g/mol. The molecule has 0 aliphatic rings. The highest BCUT2D eigenvalue weighted by atomic mass is 16.5. The standard InChI is InChI=1S/C21H22O3/c1-16-9-11-17(12-10-16)7-5-4-6-8-19(22)18-13-14-20(23-2)21(15-18)24-3/h9-15H,4,6,8H2,1-3H3. The number of hydrogen-bond donors (Lipinski definition) is 0. The molecule has 2 rings (SSSR count). The van der Waals surface area contributed by atoms with E-state index in [2.05, 4.69) is 18.8 Å². The van der Waals surface area contributed by atoms with Crippen molar-refractivity contribution in [2.24, 2.45) is 0 Å². The lowest BCUT2D eigenvalue weighted by Gasteiger charge is -2.08. The number of carbonyl (C=O) groups is 1. The van der Waals surface area contributed by atoms with E-state index in [1.165, 1.54) is 5.56 Å². The van der Waals surface area contributed by atoms with E-state index in [9.17, 15) is 4.79 Å². The van der Waals surface area contributed by atoms with Crippen molar-refractivity contribution in [2.45, 2.75) is 26.2 Å². The van der Waals surface area contributed by atoms with E-state index in [4.69, 9.17) is 9.47 Å². The molecule has 2 aromatic rings. The molecule has 0 saturated heterocycles. The van der Waals surface area contributed by atoms with Gasteiger partial charge in [-0.05, 0) is 43.7 Å². The van der Waals surface area contributed by atoms with E-state index in [0.717, 1.165) is 12.0 Å². The summed E-state index contributed by atoms with van der Waals surface area (Å²) in [7, 11) is 3.14. The molecule has 0 atom stereocenters. The molecule has 0 heterocycles. The van der Waals surface area contributed by atoms with Crippen LogP contribution in [-0.4, -0.2) is 20.0 Å². The molecular formula is C21H22O3. The van der Waals surface area contributed by atoms with E-state index >= 15 is 0 Å². The van der Waals surface area contributed by atoms with Gasteiger partial charge in [0.25, 0.3) is 0 Å². The summed E-state index contributed by atoms with van der Waals surface area (Å²) >= 11 is 0. The van der Waals surface area contributed by atoms with Crippen LogP contribution in [0.4, 0.5) is 0 Å². The summed E-state index contributed by atoms with van der Waals surface area (Å²) < 4.78 is 10.4. The Morgan fingerprint density at radius 3 is 2.38 bits per heavy atom. The average Bonchev–Trinajstić information content (AvgIpc) is 2.62. The predicted molar refractivity (Wildman–Crippen MR) is 95.8 cm³/mol. The SMILES string of the molecule is COc1ccc(C(=O)CCCC#Cc2ccc(C)cc2)cc1OC. The molecule has 2 aromatic carbocycles. The highest BCUT2D eigenvalue weighted by Gasteiger charge is 2.10. The number of carbonyl (C=O) groups excluding carboxylic acids is 1. The maximum absolute atomic E-state index is 12.2. The van der Waals surface area contributed by atoms with Gasteiger partial charge in [0.1, 0.15) is 0 Å². The number of methoxy groups -OCH3 is 2. The smallest absolute Gasteiger partial charge is 0.163 e. The fraction of sp³-hybridized carbons (Fsp3) is 0.286. The fourth-order valence-electron chi connectivity index (χ4n) is 2.29. The van der Waals surface area contributed by atoms with Crippen molar-refractivity contribution in [1.82, 2.24) is 0 Å². The van der Waals surface area contributed by atoms with Gasteiger partial charge in [-0.25, -0.2) is 0 Å². The van der Waals surface area contributed by atoms with Crippen LogP contribution in [0.1, 0.15) is 40.7 Å². The van der Waals surface area contributed by atoms with Gasteiger partial charge < -0.3 is 9.47 Å². The third-order valence-corrected chi connectivity index (χ3v) is 3.70. The Morgan fingerprint density at radius 2 is 1.71 bits per heavy atom. The predicted octanol–water partition coefficient (Wildman–Crippen LogP) is 4.42. The van der Waals surface area contributed by atoms with Crippen molar-refractivity contribution in [3.8, 4) is 23.3 Å². The zero-order valence-electron chi connectivity index (χ0n) is 14.4. The Bertz CT molecular complexity index is 749. The second-order valence-corrected chi connectivity index (χ2v) is 5.51. The Balaban J connectivity index is 1.86. The highest BCUT2D eigenvalue weighted by Crippen LogP contribution is 2.28. The molecule has 0 fully saturated rings. The zero-order valence-corrected chi connectivity index (χ0v) is 14.4. The van der Waals surface area contributed by atoms with Crippen molar-refractivity contribution in [2.75, 3.05) is 14.2 Å². The fourth-order valence-corrected chi connectivity index (χ4v) is 2.29. The van der Waals surface area contributed by atoms with E-state index in [1.807, 2.05) is 24.3 Å². The molecule has 0 aliphatic heterocycles. The van der Waals surface area contributed by atoms with Gasteiger partial charge in [-0.3, -0.25) is 4.79 Å². The zero-order chi connectivity index (χ0) is 17.4. The van der Waals surface area contributed by atoms with Gasteiger partial charge in [0.15, 0.2) is 17.3 Å². The first kappa shape index (κ1) is 17.6. The van der Waals surface area contributed by atoms with Gasteiger partial charge >= 0.3 is 0 Å². The number of hydrogen-bond acceptors (Lipinski definition) is 3. The van der Waals surface area contributed by atoms with Gasteiger partial charge in [0.2, 0.25) is 0 Å². The van der Waals surface area contributed by atoms with Crippen LogP contribution in [0.15, 0.2) is 42.5 Å². The summed E-state index contributed by atoms with van der Waals surface area (Å²) in [6.45, 7) is 2.05. The normalized spacial score (nSPS) is 9.79. The average molecular weight is 322 g/mol. The van der Waals surface area contributed by atoms with Gasteiger partial charge in [-0.2, -0.15) is 0 Å². The molecule has 3 heteroatoms. The topological polar surface area (TPSA) is 35.5 Å². The molecule has 0 saturated carbocycles. The third-order valence-electron chi connectivity index (χ3n) is 3.70. The Morgan fingerprint density at radius 1 is 1.00 bits per heavy atom. The van der Waals surface area contributed by atoms with Gasteiger partial charge in [-0.15, -0.1) is 0 Å². The summed E-state index contributed by atoms with van der Waals surface area (Å²) in [6, 6.07) is 13.4. The summed E-state index contributed by atoms with van der Waals surface area (Å²) in [5.74, 6) is 7.53. The van der Waals surface area contributed by atoms with E-state index in [-0.39, 0.29) is 5.78 Å². The van der Waals surface area contributed by atoms with Crippen molar-refractivity contribution in [3.63, 3.8) is 0 Å². The summed E-state index contributed by atoms with van der Waals surface area (Å²) in [5, 5.41) is 0. The van der Waals surface area contributed by atoms with E-state index in [1.54, 1.807) is 32.4 Å². The highest BCUT2D eigenvalue weighted by molar-refractivity contribution is 5.96. The minimum Gasteiger partial charge on any atom is -0.493 e. The molecule has 0 bridgehead atoms. The first-order chi connectivity index (χ1) is 11.6. The van der Waals surface area contributed by atoms with Crippen molar-refractivity contribution in [3.05, 3.63) is 59.2 Å². The Hall–Kier alpha value is -2.73. The molecule has 0 amide bonds. The Labute approximate surface area is 143 Å². The van der Waals surface area contributed by atoms with Crippen LogP contribution in [0.3, 0.4) is 0 Å². The summed E-state index contributed by atoms with van der Waals surface area (Å²) in [6.07, 6.45) is 1.91. The van der Waals surface area contributed by atoms with Crippen LogP contribution in [0.2, 0.25) is 0 Å². The van der Waals surface area contributed by atoms with E-state index < -0.39 is 0 Å². The van der Waals surface area contributed by atoms with Crippen LogP contribution in [0.25, 0.3) is 0 Å². The van der Waals surface area contributed by atoms with Gasteiger partial charge in [0.05, 0.1) is 14.2 Å². The largest absolute Gasteiger partial charge is 0.493 e. The maximum Gasteiger partial charge on any atom is 0.163 e. The van der Waals surface area contributed by atoms with Crippen molar-refractivity contribution < 1.29 is 14.3 Å². The molecule has 24 heavy (non-hydrogen) atoms. The summed E-state index contributed by atoms with van der Waals surface area (Å²) in [5.41, 5.74) is 2.87. The lowest BCUT2D eigenvalue weighted by Crippen LogP contribution is -2.00. The monoisotopic (exact) mass is 322 g/mol. The number of ketones is 1. The number of unbranched alkanes of at least 4 members (excludes halogenated alkanes) is 1. The van der Waals surface area contributed by atoms with Crippen LogP contribution in [0.5, 0.6) is 11.5 Å². The molecule has 0 radical (unpaired) electrons. The van der Waals surface area contributed by atoms with Crippen LogP contribution >= 0.6 is 0 Å². The van der Waals surface area contributed by atoms with Crippen molar-refractivity contribution in [1.29, 1.82) is 0 Å². The lowest BCUT2D eigenvalue weighted by atomic mass is 10.0. The number of Topliss-reactive ketones (excluding diaryl/α,β-unsaturated/α-hetero) is 1. The number of ether oxygens (including phenoxy) is 2. The Kier molecular flexibility index (Phi) is 6.45. The maximum atomic E-state index is 12.2. The van der Waals surface area contributed by atoms with Crippen LogP contribution < -0.4 is 9.47 Å². The number of benzene rings is 2. The quantitative estimate of drug-likeness (QED) is 0.449. The third kappa shape index (κ3) is 4.89. The second-order valence-electron chi connectivity index (χ2n) is 5.51. The number of rotatable bonds is 6. The first-order valence-electron chi connectivity index (χ1n) is 7.95. The minimum atomic E-state index is 0.0908. The first-order valence-corrected chi connectivity index (χ1v) is 7.95. The van der Waals surface area contributed by atoms with Crippen LogP contribution in [-0.2, 0) is 0 Å². The van der Waals surface area contributed by atoms with Gasteiger partial charge in [0, 0.05) is 24.0 Å². The second kappa shape index (κ2) is 8.79. The number of aryl methyl sites for hydroxylation is 1. The van der Waals surface area contributed by atoms with Crippen molar-refractivity contribution >= 4 is 5.78 Å².